The minimum absolute atomic E-state index is 0.0403. The molecule has 1 aliphatic rings. The van der Waals surface area contributed by atoms with E-state index in [2.05, 4.69) is 5.32 Å². The van der Waals surface area contributed by atoms with E-state index in [0.29, 0.717) is 16.9 Å². The van der Waals surface area contributed by atoms with E-state index in [-0.39, 0.29) is 11.3 Å². The van der Waals surface area contributed by atoms with Gasteiger partial charge in [0, 0.05) is 25.5 Å². The Morgan fingerprint density at radius 3 is 2.03 bits per heavy atom. The first-order valence-corrected chi connectivity index (χ1v) is 9.54. The molecule has 1 N–H and O–H groups in total. The molecule has 0 unspecified atom stereocenters. The average Bonchev–Trinajstić information content (AvgIpc) is 3.00. The monoisotopic (exact) mass is 419 g/mol. The minimum Gasteiger partial charge on any atom is -0.378 e. The zero-order valence-corrected chi connectivity index (χ0v) is 16.9. The summed E-state index contributed by atoms with van der Waals surface area (Å²) in [7, 11) is 3.72. The van der Waals surface area contributed by atoms with Crippen LogP contribution in [0.5, 0.6) is 0 Å². The molecule has 4 rings (SSSR count). The molecule has 1 aliphatic heterocycles. The van der Waals surface area contributed by atoms with Gasteiger partial charge in [-0.2, -0.15) is 0 Å². The smallest absolute Gasteiger partial charge is 0.282 e. The van der Waals surface area contributed by atoms with Crippen molar-refractivity contribution >= 4 is 34.4 Å². The third-order valence-electron chi connectivity index (χ3n) is 4.93. The summed E-state index contributed by atoms with van der Waals surface area (Å²) in [5, 5.41) is 2.95. The summed E-state index contributed by atoms with van der Waals surface area (Å²) in [6.45, 7) is 0. The molecule has 0 spiro atoms. The molecule has 0 radical (unpaired) electrons. The van der Waals surface area contributed by atoms with Crippen molar-refractivity contribution in [1.82, 2.24) is 0 Å². The van der Waals surface area contributed by atoms with Crippen LogP contribution in [0.3, 0.4) is 0 Å². The van der Waals surface area contributed by atoms with Gasteiger partial charge in [0.2, 0.25) is 0 Å². The zero-order chi connectivity index (χ0) is 22.1. The van der Waals surface area contributed by atoms with Gasteiger partial charge in [0.25, 0.3) is 11.8 Å². The Balaban J connectivity index is 1.81. The summed E-state index contributed by atoms with van der Waals surface area (Å²) >= 11 is 0. The number of hydrogen-bond acceptors (Lipinski definition) is 4. The van der Waals surface area contributed by atoms with Gasteiger partial charge >= 0.3 is 0 Å². The molecular weight excluding hydrogens is 400 g/mol. The van der Waals surface area contributed by atoms with Gasteiger partial charge in [-0.05, 0) is 60.2 Å². The van der Waals surface area contributed by atoms with Gasteiger partial charge in [0.05, 0.1) is 11.3 Å². The molecule has 0 atom stereocenters. The topological polar surface area (TPSA) is 52.6 Å². The molecule has 0 aromatic heterocycles. The number of carbonyl (C=O) groups excluding carboxylic acids is 2. The quantitative estimate of drug-likeness (QED) is 0.622. The Labute approximate surface area is 178 Å². The Hall–Kier alpha value is -4.00. The maximum atomic E-state index is 13.5. The van der Waals surface area contributed by atoms with Crippen LogP contribution < -0.4 is 15.1 Å². The van der Waals surface area contributed by atoms with E-state index in [0.717, 1.165) is 10.6 Å². The number of anilines is 3. The SMILES string of the molecule is CN(C)c1cccc(N2C(=O)C(Nc3ccc(F)cc3)=C(c3ccc(F)cc3)C2=O)c1. The number of carbonyl (C=O) groups is 2. The van der Waals surface area contributed by atoms with Gasteiger partial charge in [-0.15, -0.1) is 0 Å². The van der Waals surface area contributed by atoms with Crippen molar-refractivity contribution in [3.8, 4) is 0 Å². The molecular formula is C24H19F2N3O2. The summed E-state index contributed by atoms with van der Waals surface area (Å²) < 4.78 is 26.8. The largest absolute Gasteiger partial charge is 0.378 e. The number of nitrogens with one attached hydrogen (secondary N) is 1. The Morgan fingerprint density at radius 1 is 0.806 bits per heavy atom. The second-order valence-electron chi connectivity index (χ2n) is 7.25. The standard InChI is InChI=1S/C24H19F2N3O2/c1-28(2)19-4-3-5-20(14-19)29-23(30)21(15-6-8-16(25)9-7-15)22(24(29)31)27-18-12-10-17(26)11-13-18/h3-14,27H,1-2H3. The highest BCUT2D eigenvalue weighted by Gasteiger charge is 2.40. The van der Waals surface area contributed by atoms with Crippen molar-refractivity contribution < 1.29 is 18.4 Å². The van der Waals surface area contributed by atoms with E-state index in [9.17, 15) is 18.4 Å². The average molecular weight is 419 g/mol. The number of imide groups is 1. The summed E-state index contributed by atoms with van der Waals surface area (Å²) in [6, 6.07) is 17.8. The van der Waals surface area contributed by atoms with Crippen LogP contribution in [-0.4, -0.2) is 25.9 Å². The van der Waals surface area contributed by atoms with Gasteiger partial charge in [-0.25, -0.2) is 13.7 Å². The third-order valence-corrected chi connectivity index (χ3v) is 4.93. The number of amides is 2. The van der Waals surface area contributed by atoms with Crippen molar-refractivity contribution in [2.45, 2.75) is 0 Å². The molecule has 0 fully saturated rings. The second kappa shape index (κ2) is 8.02. The van der Waals surface area contributed by atoms with Gasteiger partial charge in [-0.1, -0.05) is 18.2 Å². The van der Waals surface area contributed by atoms with Crippen molar-refractivity contribution in [2.24, 2.45) is 0 Å². The number of halogens is 2. The van der Waals surface area contributed by atoms with Crippen LogP contribution in [0.1, 0.15) is 5.56 Å². The van der Waals surface area contributed by atoms with Gasteiger partial charge in [-0.3, -0.25) is 9.59 Å². The van der Waals surface area contributed by atoms with E-state index >= 15 is 0 Å². The molecule has 3 aromatic carbocycles. The fourth-order valence-electron chi connectivity index (χ4n) is 3.35. The lowest BCUT2D eigenvalue weighted by Gasteiger charge is -2.19. The van der Waals surface area contributed by atoms with E-state index < -0.39 is 23.4 Å². The van der Waals surface area contributed by atoms with Crippen LogP contribution in [-0.2, 0) is 9.59 Å². The molecule has 0 aliphatic carbocycles. The molecule has 0 saturated heterocycles. The first-order valence-electron chi connectivity index (χ1n) is 9.54. The number of hydrogen-bond donors (Lipinski definition) is 1. The normalized spacial score (nSPS) is 13.7. The Bertz CT molecular complexity index is 1190. The molecule has 0 bridgehead atoms. The first-order chi connectivity index (χ1) is 14.8. The van der Waals surface area contributed by atoms with Crippen molar-refractivity contribution in [3.05, 3.63) is 95.7 Å². The molecule has 5 nitrogen and oxygen atoms in total. The fourth-order valence-corrected chi connectivity index (χ4v) is 3.35. The van der Waals surface area contributed by atoms with E-state index in [4.69, 9.17) is 0 Å². The molecule has 3 aromatic rings. The Kier molecular flexibility index (Phi) is 5.25. The summed E-state index contributed by atoms with van der Waals surface area (Å²) in [4.78, 5) is 29.7. The van der Waals surface area contributed by atoms with E-state index in [1.54, 1.807) is 18.2 Å². The van der Waals surface area contributed by atoms with Gasteiger partial charge < -0.3 is 10.2 Å². The third kappa shape index (κ3) is 3.90. The number of nitrogens with zero attached hydrogens (tertiary/aromatic N) is 2. The zero-order valence-electron chi connectivity index (χ0n) is 16.9. The highest BCUT2D eigenvalue weighted by molar-refractivity contribution is 6.46. The predicted molar refractivity (Wildman–Crippen MR) is 117 cm³/mol. The number of rotatable bonds is 5. The summed E-state index contributed by atoms with van der Waals surface area (Å²) in [5.74, 6) is -1.96. The van der Waals surface area contributed by atoms with Crippen LogP contribution in [0.25, 0.3) is 5.57 Å². The second-order valence-corrected chi connectivity index (χ2v) is 7.25. The van der Waals surface area contributed by atoms with E-state index in [1.165, 1.54) is 48.5 Å². The molecule has 2 amide bonds. The van der Waals surface area contributed by atoms with Crippen molar-refractivity contribution in [2.75, 3.05) is 29.2 Å². The molecule has 1 heterocycles. The highest BCUT2D eigenvalue weighted by atomic mass is 19.1. The fraction of sp³-hybridized carbons (Fsp3) is 0.0833. The van der Waals surface area contributed by atoms with Gasteiger partial charge in [0.1, 0.15) is 17.3 Å². The summed E-state index contributed by atoms with van der Waals surface area (Å²) in [5.41, 5.74) is 2.23. The van der Waals surface area contributed by atoms with Gasteiger partial charge in [0.15, 0.2) is 0 Å². The van der Waals surface area contributed by atoms with E-state index in [1.807, 2.05) is 25.1 Å². The maximum Gasteiger partial charge on any atom is 0.282 e. The van der Waals surface area contributed by atoms with Crippen molar-refractivity contribution in [3.63, 3.8) is 0 Å². The van der Waals surface area contributed by atoms with Crippen LogP contribution >= 0.6 is 0 Å². The molecule has 156 valence electrons. The lowest BCUT2D eigenvalue weighted by molar-refractivity contribution is -0.120. The molecule has 0 saturated carbocycles. The van der Waals surface area contributed by atoms with Crippen LogP contribution in [0.4, 0.5) is 25.8 Å². The minimum atomic E-state index is -0.551. The van der Waals surface area contributed by atoms with Crippen LogP contribution in [0.2, 0.25) is 0 Å². The van der Waals surface area contributed by atoms with Crippen LogP contribution in [0.15, 0.2) is 78.5 Å². The van der Waals surface area contributed by atoms with Crippen LogP contribution in [0, 0.1) is 11.6 Å². The maximum absolute atomic E-state index is 13.5. The first kappa shape index (κ1) is 20.3. The lowest BCUT2D eigenvalue weighted by Crippen LogP contribution is -2.32. The molecule has 7 heteroatoms. The predicted octanol–water partition coefficient (Wildman–Crippen LogP) is 4.43. The summed E-state index contributed by atoms with van der Waals surface area (Å²) in [6.07, 6.45) is 0. The lowest BCUT2D eigenvalue weighted by atomic mass is 10.0. The Morgan fingerprint density at radius 2 is 1.42 bits per heavy atom. The molecule has 31 heavy (non-hydrogen) atoms. The number of benzene rings is 3. The highest BCUT2D eigenvalue weighted by Crippen LogP contribution is 2.35. The van der Waals surface area contributed by atoms with Crippen molar-refractivity contribution in [1.29, 1.82) is 0 Å².